The average Bonchev–Trinajstić information content (AvgIpc) is 3.09. The summed E-state index contributed by atoms with van der Waals surface area (Å²) in [5, 5.41) is 0. The lowest BCUT2D eigenvalue weighted by atomic mass is 10.0. The number of ether oxygens (including phenoxy) is 3. The second-order valence-corrected chi connectivity index (χ2v) is 15.5. The number of rotatable bonds is 39. The third kappa shape index (κ3) is 37.7. The summed E-state index contributed by atoms with van der Waals surface area (Å²) in [6.45, 7) is 8.94. The lowest BCUT2D eigenvalue weighted by Gasteiger charge is -2.18. The van der Waals surface area contributed by atoms with Crippen LogP contribution in [0.1, 0.15) is 240 Å². The van der Waals surface area contributed by atoms with Gasteiger partial charge in [0.1, 0.15) is 13.2 Å². The molecule has 0 aromatic carbocycles. The first-order chi connectivity index (χ1) is 24.4. The first kappa shape index (κ1) is 48.4. The summed E-state index contributed by atoms with van der Waals surface area (Å²) in [4.78, 5) is 37.6. The molecule has 0 bridgehead atoms. The maximum Gasteiger partial charge on any atom is 0.306 e. The molecule has 0 saturated heterocycles. The summed E-state index contributed by atoms with van der Waals surface area (Å²) in [7, 11) is 0. The number of hydrogen-bond acceptors (Lipinski definition) is 6. The van der Waals surface area contributed by atoms with Crippen LogP contribution in [0.15, 0.2) is 0 Å². The molecule has 0 unspecified atom stereocenters. The Bertz CT molecular complexity index is 751. The van der Waals surface area contributed by atoms with E-state index >= 15 is 0 Å². The summed E-state index contributed by atoms with van der Waals surface area (Å²) >= 11 is 0. The molecule has 0 aromatic rings. The summed E-state index contributed by atoms with van der Waals surface area (Å²) in [5.74, 6) is -0.0517. The van der Waals surface area contributed by atoms with E-state index in [1.165, 1.54) is 135 Å². The Labute approximate surface area is 310 Å². The molecule has 1 atom stereocenters. The minimum Gasteiger partial charge on any atom is -0.462 e. The maximum absolute atomic E-state index is 12.7. The standard InChI is InChI=1S/C44H84O6/c1-5-7-9-11-13-15-16-20-25-29-33-37-44(47)50-41(38-48-42(45)35-31-27-23-18-14-12-10-8-6-2)39-49-43(46)36-32-28-24-21-17-19-22-26-30-34-40(3)4/h40-41H,5-39H2,1-4H3/t41-/m1/s1. The molecule has 0 N–H and O–H groups in total. The molecule has 0 aliphatic carbocycles. The molecule has 6 nitrogen and oxygen atoms in total. The van der Waals surface area contributed by atoms with E-state index in [4.69, 9.17) is 14.2 Å². The minimum absolute atomic E-state index is 0.0645. The van der Waals surface area contributed by atoms with Crippen LogP contribution >= 0.6 is 0 Å². The maximum atomic E-state index is 12.7. The summed E-state index contributed by atoms with van der Waals surface area (Å²) in [6, 6.07) is 0. The predicted octanol–water partition coefficient (Wildman–Crippen LogP) is 13.6. The number of hydrogen-bond donors (Lipinski definition) is 0. The Morgan fingerprint density at radius 2 is 0.660 bits per heavy atom. The van der Waals surface area contributed by atoms with Crippen molar-refractivity contribution in [3.8, 4) is 0 Å². The zero-order valence-corrected chi connectivity index (χ0v) is 33.9. The Hall–Kier alpha value is -1.59. The van der Waals surface area contributed by atoms with Gasteiger partial charge < -0.3 is 14.2 Å². The molecule has 0 spiro atoms. The van der Waals surface area contributed by atoms with Crippen molar-refractivity contribution in [2.24, 2.45) is 5.92 Å². The van der Waals surface area contributed by atoms with E-state index in [1.54, 1.807) is 0 Å². The molecule has 0 heterocycles. The Balaban J connectivity index is 4.33. The van der Waals surface area contributed by atoms with Gasteiger partial charge in [0.15, 0.2) is 6.10 Å². The van der Waals surface area contributed by atoms with Crippen molar-refractivity contribution in [3.05, 3.63) is 0 Å². The van der Waals surface area contributed by atoms with Crippen LogP contribution < -0.4 is 0 Å². The van der Waals surface area contributed by atoms with Gasteiger partial charge in [0.25, 0.3) is 0 Å². The molecule has 0 radical (unpaired) electrons. The predicted molar refractivity (Wildman–Crippen MR) is 210 cm³/mol. The van der Waals surface area contributed by atoms with E-state index in [9.17, 15) is 14.4 Å². The zero-order chi connectivity index (χ0) is 36.8. The van der Waals surface area contributed by atoms with Crippen LogP contribution in [-0.2, 0) is 28.6 Å². The van der Waals surface area contributed by atoms with Crippen LogP contribution in [0.4, 0.5) is 0 Å². The Morgan fingerprint density at radius 3 is 0.980 bits per heavy atom. The highest BCUT2D eigenvalue weighted by Crippen LogP contribution is 2.16. The molecule has 6 heteroatoms. The smallest absolute Gasteiger partial charge is 0.306 e. The molecule has 0 aromatic heterocycles. The average molecular weight is 709 g/mol. The normalized spacial score (nSPS) is 11.9. The van der Waals surface area contributed by atoms with Crippen molar-refractivity contribution < 1.29 is 28.6 Å². The second-order valence-electron chi connectivity index (χ2n) is 15.5. The third-order valence-corrected chi connectivity index (χ3v) is 9.79. The van der Waals surface area contributed by atoms with Crippen molar-refractivity contribution in [2.75, 3.05) is 13.2 Å². The van der Waals surface area contributed by atoms with Gasteiger partial charge in [-0.1, -0.05) is 201 Å². The largest absolute Gasteiger partial charge is 0.462 e. The van der Waals surface area contributed by atoms with Gasteiger partial charge in [-0.05, 0) is 25.2 Å². The molecule has 0 aliphatic heterocycles. The van der Waals surface area contributed by atoms with Crippen molar-refractivity contribution in [2.45, 2.75) is 246 Å². The van der Waals surface area contributed by atoms with Gasteiger partial charge in [0.2, 0.25) is 0 Å². The first-order valence-electron chi connectivity index (χ1n) is 21.9. The highest BCUT2D eigenvalue weighted by atomic mass is 16.6. The van der Waals surface area contributed by atoms with Crippen molar-refractivity contribution in [1.82, 2.24) is 0 Å². The fourth-order valence-electron chi connectivity index (χ4n) is 6.45. The van der Waals surface area contributed by atoms with Gasteiger partial charge in [-0.15, -0.1) is 0 Å². The lowest BCUT2D eigenvalue weighted by Crippen LogP contribution is -2.30. The topological polar surface area (TPSA) is 78.9 Å². The van der Waals surface area contributed by atoms with Crippen LogP contribution in [0.25, 0.3) is 0 Å². The highest BCUT2D eigenvalue weighted by molar-refractivity contribution is 5.71. The molecular formula is C44H84O6. The molecule has 50 heavy (non-hydrogen) atoms. The van der Waals surface area contributed by atoms with Crippen LogP contribution in [0, 0.1) is 5.92 Å². The van der Waals surface area contributed by atoms with E-state index in [1.807, 2.05) is 0 Å². The fourth-order valence-corrected chi connectivity index (χ4v) is 6.45. The second kappa shape index (κ2) is 38.6. The van der Waals surface area contributed by atoms with Gasteiger partial charge in [0.05, 0.1) is 0 Å². The third-order valence-electron chi connectivity index (χ3n) is 9.79. The Kier molecular flexibility index (Phi) is 37.4. The summed E-state index contributed by atoms with van der Waals surface area (Å²) in [6.07, 6.45) is 36.6. The number of carbonyl (C=O) groups is 3. The molecule has 0 saturated carbocycles. The van der Waals surface area contributed by atoms with E-state index in [2.05, 4.69) is 27.7 Å². The molecule has 0 aliphatic rings. The Morgan fingerprint density at radius 1 is 0.380 bits per heavy atom. The minimum atomic E-state index is -0.758. The van der Waals surface area contributed by atoms with Crippen molar-refractivity contribution in [1.29, 1.82) is 0 Å². The zero-order valence-electron chi connectivity index (χ0n) is 33.9. The molecule has 0 rings (SSSR count). The monoisotopic (exact) mass is 709 g/mol. The van der Waals surface area contributed by atoms with E-state index in [-0.39, 0.29) is 31.1 Å². The van der Waals surface area contributed by atoms with Crippen LogP contribution in [0.3, 0.4) is 0 Å². The van der Waals surface area contributed by atoms with Gasteiger partial charge >= 0.3 is 17.9 Å². The van der Waals surface area contributed by atoms with E-state index in [0.717, 1.165) is 63.7 Å². The molecule has 0 fully saturated rings. The molecule has 296 valence electrons. The number of carbonyl (C=O) groups excluding carboxylic acids is 3. The molecule has 0 amide bonds. The SMILES string of the molecule is CCCCCCCCCCCCCC(=O)O[C@H](COC(=O)CCCCCCCCCCC)COC(=O)CCCCCCCCCCCC(C)C. The van der Waals surface area contributed by atoms with Crippen LogP contribution in [0.2, 0.25) is 0 Å². The van der Waals surface area contributed by atoms with Crippen molar-refractivity contribution in [3.63, 3.8) is 0 Å². The first-order valence-corrected chi connectivity index (χ1v) is 21.9. The van der Waals surface area contributed by atoms with Crippen LogP contribution in [-0.4, -0.2) is 37.2 Å². The highest BCUT2D eigenvalue weighted by Gasteiger charge is 2.19. The number of esters is 3. The van der Waals surface area contributed by atoms with Crippen LogP contribution in [0.5, 0.6) is 0 Å². The lowest BCUT2D eigenvalue weighted by molar-refractivity contribution is -0.167. The van der Waals surface area contributed by atoms with Gasteiger partial charge in [-0.2, -0.15) is 0 Å². The quantitative estimate of drug-likeness (QED) is 0.0359. The van der Waals surface area contributed by atoms with Gasteiger partial charge in [0, 0.05) is 19.3 Å². The van der Waals surface area contributed by atoms with Gasteiger partial charge in [-0.3, -0.25) is 14.4 Å². The summed E-state index contributed by atoms with van der Waals surface area (Å²) in [5.41, 5.74) is 0. The van der Waals surface area contributed by atoms with Crippen molar-refractivity contribution >= 4 is 17.9 Å². The molecular weight excluding hydrogens is 624 g/mol. The number of unbranched alkanes of at least 4 members (excludes halogenated alkanes) is 26. The fraction of sp³-hybridized carbons (Fsp3) is 0.932. The van der Waals surface area contributed by atoms with E-state index < -0.39 is 6.10 Å². The van der Waals surface area contributed by atoms with Gasteiger partial charge in [-0.25, -0.2) is 0 Å². The van der Waals surface area contributed by atoms with E-state index in [0.29, 0.717) is 19.3 Å². The summed E-state index contributed by atoms with van der Waals surface area (Å²) < 4.78 is 16.7.